The highest BCUT2D eigenvalue weighted by atomic mass is 19.4. The van der Waals surface area contributed by atoms with Crippen LogP contribution in [0.15, 0.2) is 84.9 Å². The van der Waals surface area contributed by atoms with Gasteiger partial charge < -0.3 is 11.5 Å². The van der Waals surface area contributed by atoms with Crippen LogP contribution in [0.25, 0.3) is 11.1 Å². The van der Waals surface area contributed by atoms with Crippen molar-refractivity contribution in [2.75, 3.05) is 11.5 Å². The summed E-state index contributed by atoms with van der Waals surface area (Å²) in [5.41, 5.74) is 8.40. The molecule has 0 saturated heterocycles. The summed E-state index contributed by atoms with van der Waals surface area (Å²) < 4.78 is 84.5. The van der Waals surface area contributed by atoms with Gasteiger partial charge in [-0.15, -0.1) is 0 Å². The third-order valence-electron chi connectivity index (χ3n) is 6.26. The normalized spacial score (nSPS) is 11.8. The summed E-state index contributed by atoms with van der Waals surface area (Å²) in [6.45, 7) is 0. The Morgan fingerprint density at radius 3 is 1.15 bits per heavy atom. The number of rotatable bonds is 7. The average molecular weight is 557 g/mol. The first-order valence-electron chi connectivity index (χ1n) is 11.9. The smallest absolute Gasteiger partial charge is 0.399 e. The largest absolute Gasteiger partial charge is 0.417 e. The predicted molar refractivity (Wildman–Crippen MR) is 140 cm³/mol. The molecule has 4 rings (SSSR count). The van der Waals surface area contributed by atoms with Crippen molar-refractivity contribution in [2.45, 2.75) is 25.2 Å². The van der Waals surface area contributed by atoms with Crippen LogP contribution in [0.1, 0.15) is 43.0 Å². The van der Waals surface area contributed by atoms with Crippen LogP contribution >= 0.6 is 0 Å². The number of hydrogen-bond acceptors (Lipinski definition) is 4. The van der Waals surface area contributed by atoms with Gasteiger partial charge in [-0.3, -0.25) is 9.59 Å². The van der Waals surface area contributed by atoms with E-state index in [0.717, 1.165) is 12.1 Å². The van der Waals surface area contributed by atoms with Gasteiger partial charge in [0, 0.05) is 35.3 Å². The van der Waals surface area contributed by atoms with E-state index in [1.165, 1.54) is 60.7 Å². The Kier molecular flexibility index (Phi) is 7.72. The number of alkyl halides is 6. The van der Waals surface area contributed by atoms with Gasteiger partial charge in [-0.2, -0.15) is 26.3 Å². The number of carbonyl (C=O) groups is 2. The summed E-state index contributed by atoms with van der Waals surface area (Å²) in [6.07, 6.45) is -10.8. The van der Waals surface area contributed by atoms with E-state index in [9.17, 15) is 35.9 Å². The maximum atomic E-state index is 14.1. The highest BCUT2D eigenvalue weighted by Gasteiger charge is 2.39. The molecule has 0 saturated carbocycles. The maximum Gasteiger partial charge on any atom is 0.417 e. The fourth-order valence-corrected chi connectivity index (χ4v) is 4.25. The molecular formula is C30H22F6N2O2. The van der Waals surface area contributed by atoms with Crippen LogP contribution in [0.2, 0.25) is 0 Å². The third kappa shape index (κ3) is 6.51. The Morgan fingerprint density at radius 2 is 0.850 bits per heavy atom. The molecule has 0 bridgehead atoms. The van der Waals surface area contributed by atoms with Crippen LogP contribution in [0.4, 0.5) is 37.7 Å². The van der Waals surface area contributed by atoms with Crippen molar-refractivity contribution in [2.24, 2.45) is 0 Å². The van der Waals surface area contributed by atoms with Crippen LogP contribution < -0.4 is 11.5 Å². The molecule has 0 spiro atoms. The number of nitrogens with two attached hydrogens (primary N) is 2. The van der Waals surface area contributed by atoms with Gasteiger partial charge in [0.2, 0.25) is 0 Å². The molecule has 10 heteroatoms. The van der Waals surface area contributed by atoms with Crippen molar-refractivity contribution in [1.82, 2.24) is 0 Å². The van der Waals surface area contributed by atoms with Crippen LogP contribution in [0, 0.1) is 0 Å². The SMILES string of the molecule is Nc1ccc(C(=O)Cc2ccc(-c3ccc(CC(=O)c4ccc(N)cc4)cc3C(F)(F)F)c(C(F)(F)F)c2)cc1. The van der Waals surface area contributed by atoms with Gasteiger partial charge in [0.1, 0.15) is 0 Å². The van der Waals surface area contributed by atoms with Crippen LogP contribution in [-0.2, 0) is 25.2 Å². The third-order valence-corrected chi connectivity index (χ3v) is 6.26. The molecule has 0 radical (unpaired) electrons. The van der Waals surface area contributed by atoms with E-state index >= 15 is 0 Å². The van der Waals surface area contributed by atoms with Gasteiger partial charge >= 0.3 is 12.4 Å². The Balaban J connectivity index is 1.71. The molecule has 0 fully saturated rings. The second-order valence-corrected chi connectivity index (χ2v) is 9.20. The number of benzene rings is 4. The topological polar surface area (TPSA) is 86.2 Å². The standard InChI is InChI=1S/C30H22F6N2O2/c31-29(32,33)25-13-17(15-27(39)19-3-7-21(37)8-4-19)1-11-23(25)24-12-2-18(14-26(24)30(34,35)36)16-28(40)20-5-9-22(38)10-6-20/h1-14H,15-16,37-38H2. The van der Waals surface area contributed by atoms with Crippen LogP contribution in [0.5, 0.6) is 0 Å². The lowest BCUT2D eigenvalue weighted by atomic mass is 9.90. The molecule has 206 valence electrons. The second-order valence-electron chi connectivity index (χ2n) is 9.20. The molecule has 0 heterocycles. The first-order valence-corrected chi connectivity index (χ1v) is 11.9. The lowest BCUT2D eigenvalue weighted by Gasteiger charge is -2.19. The molecule has 40 heavy (non-hydrogen) atoms. The summed E-state index contributed by atoms with van der Waals surface area (Å²) in [5, 5.41) is 0. The van der Waals surface area contributed by atoms with Crippen molar-refractivity contribution in [3.05, 3.63) is 118 Å². The molecule has 0 aliphatic carbocycles. The molecule has 4 nitrogen and oxygen atoms in total. The van der Waals surface area contributed by atoms with E-state index in [-0.39, 0.29) is 22.3 Å². The van der Waals surface area contributed by atoms with Crippen molar-refractivity contribution in [1.29, 1.82) is 0 Å². The molecule has 4 N–H and O–H groups in total. The summed E-state index contributed by atoms with van der Waals surface area (Å²) in [7, 11) is 0. The molecule has 4 aromatic rings. The van der Waals surface area contributed by atoms with Crippen LogP contribution in [-0.4, -0.2) is 11.6 Å². The van der Waals surface area contributed by atoms with Gasteiger partial charge in [0.15, 0.2) is 11.6 Å². The number of nitrogen functional groups attached to an aromatic ring is 2. The zero-order valence-corrected chi connectivity index (χ0v) is 20.7. The summed E-state index contributed by atoms with van der Waals surface area (Å²) in [5.74, 6) is -0.959. The molecule has 0 aromatic heterocycles. The Hall–Kier alpha value is -4.60. The van der Waals surface area contributed by atoms with E-state index in [1.807, 2.05) is 0 Å². The number of halogens is 6. The molecule has 0 atom stereocenters. The quantitative estimate of drug-likeness (QED) is 0.141. The Labute approximate surface area is 225 Å². The van der Waals surface area contributed by atoms with E-state index < -0.39 is 59.0 Å². The monoisotopic (exact) mass is 556 g/mol. The maximum absolute atomic E-state index is 14.1. The van der Waals surface area contributed by atoms with Crippen molar-refractivity contribution < 1.29 is 35.9 Å². The molecule has 0 unspecified atom stereocenters. The summed E-state index contributed by atoms with van der Waals surface area (Å²) in [4.78, 5) is 25.1. The fourth-order valence-electron chi connectivity index (χ4n) is 4.25. The molecule has 0 amide bonds. The van der Waals surface area contributed by atoms with Gasteiger partial charge in [-0.25, -0.2) is 0 Å². The van der Waals surface area contributed by atoms with E-state index in [0.29, 0.717) is 23.5 Å². The molecule has 0 aliphatic heterocycles. The van der Waals surface area contributed by atoms with E-state index in [1.54, 1.807) is 0 Å². The fraction of sp³-hybridized carbons (Fsp3) is 0.133. The van der Waals surface area contributed by atoms with Gasteiger partial charge in [0.25, 0.3) is 0 Å². The van der Waals surface area contributed by atoms with Crippen molar-refractivity contribution in [3.63, 3.8) is 0 Å². The summed E-state index contributed by atoms with van der Waals surface area (Å²) >= 11 is 0. The zero-order chi connectivity index (χ0) is 29.2. The highest BCUT2D eigenvalue weighted by Crippen LogP contribution is 2.43. The number of hydrogen-bond donors (Lipinski definition) is 2. The minimum Gasteiger partial charge on any atom is -0.399 e. The summed E-state index contributed by atoms with van der Waals surface area (Å²) in [6, 6.07) is 17.3. The second kappa shape index (κ2) is 10.9. The number of carbonyl (C=O) groups excluding carboxylic acids is 2. The van der Waals surface area contributed by atoms with Gasteiger partial charge in [-0.1, -0.05) is 24.3 Å². The van der Waals surface area contributed by atoms with Crippen molar-refractivity contribution in [3.8, 4) is 11.1 Å². The van der Waals surface area contributed by atoms with Gasteiger partial charge in [-0.05, 0) is 82.9 Å². The Bertz CT molecular complexity index is 1440. The lowest BCUT2D eigenvalue weighted by molar-refractivity contribution is -0.139. The van der Waals surface area contributed by atoms with Crippen molar-refractivity contribution >= 4 is 22.9 Å². The first kappa shape index (κ1) is 28.4. The van der Waals surface area contributed by atoms with E-state index in [2.05, 4.69) is 0 Å². The molecular weight excluding hydrogens is 534 g/mol. The first-order chi connectivity index (χ1) is 18.7. The number of ketones is 2. The van der Waals surface area contributed by atoms with Gasteiger partial charge in [0.05, 0.1) is 11.1 Å². The zero-order valence-electron chi connectivity index (χ0n) is 20.7. The number of Topliss-reactive ketones (excluding diaryl/α,β-unsaturated/α-hetero) is 2. The predicted octanol–water partition coefficient (Wildman–Crippen LogP) is 7.41. The lowest BCUT2D eigenvalue weighted by Crippen LogP contribution is -2.13. The Morgan fingerprint density at radius 1 is 0.525 bits per heavy atom. The molecule has 0 aliphatic rings. The van der Waals surface area contributed by atoms with E-state index in [4.69, 9.17) is 11.5 Å². The molecule has 4 aromatic carbocycles. The number of anilines is 2. The average Bonchev–Trinajstić information content (AvgIpc) is 2.88. The van der Waals surface area contributed by atoms with Crippen LogP contribution in [0.3, 0.4) is 0 Å². The highest BCUT2D eigenvalue weighted by molar-refractivity contribution is 5.98. The minimum atomic E-state index is -5.01. The minimum absolute atomic E-state index is 0.0165.